The molecule has 0 saturated carbocycles. The molecule has 0 bridgehead atoms. The fourth-order valence-electron chi connectivity index (χ4n) is 1.51. The van der Waals surface area contributed by atoms with Crippen molar-refractivity contribution in [3.05, 3.63) is 18.1 Å². The van der Waals surface area contributed by atoms with Crippen LogP contribution >= 0.6 is 0 Å². The molecule has 1 heterocycles. The van der Waals surface area contributed by atoms with Crippen molar-refractivity contribution in [3.8, 4) is 5.88 Å². The van der Waals surface area contributed by atoms with Crippen LogP contribution in [-0.4, -0.2) is 22.4 Å². The lowest BCUT2D eigenvalue weighted by molar-refractivity contribution is -0.118. The summed E-state index contributed by atoms with van der Waals surface area (Å²) in [5.74, 6) is 0.446. The van der Waals surface area contributed by atoms with E-state index in [9.17, 15) is 4.79 Å². The maximum atomic E-state index is 11.4. The van der Waals surface area contributed by atoms with Crippen molar-refractivity contribution in [1.29, 1.82) is 0 Å². The van der Waals surface area contributed by atoms with E-state index in [0.717, 1.165) is 12.8 Å². The van der Waals surface area contributed by atoms with E-state index in [0.29, 0.717) is 18.2 Å². The standard InChI is InChI=1S/C12H18N2O2/c1-4-6-16-12-8-13-7-11(14-12)10(5-2)9(3)15/h7-8,10H,4-6H2,1-3H3. The Labute approximate surface area is 96.1 Å². The van der Waals surface area contributed by atoms with Crippen molar-refractivity contribution in [2.24, 2.45) is 0 Å². The Bertz CT molecular complexity index is 353. The van der Waals surface area contributed by atoms with Crippen molar-refractivity contribution in [2.45, 2.75) is 39.5 Å². The molecule has 16 heavy (non-hydrogen) atoms. The van der Waals surface area contributed by atoms with Gasteiger partial charge in [-0.15, -0.1) is 0 Å². The van der Waals surface area contributed by atoms with Crippen molar-refractivity contribution in [1.82, 2.24) is 9.97 Å². The second-order valence-electron chi connectivity index (χ2n) is 3.70. The summed E-state index contributed by atoms with van der Waals surface area (Å²) in [4.78, 5) is 19.7. The highest BCUT2D eigenvalue weighted by atomic mass is 16.5. The van der Waals surface area contributed by atoms with Crippen LogP contribution in [0.4, 0.5) is 0 Å². The number of rotatable bonds is 6. The van der Waals surface area contributed by atoms with E-state index in [1.165, 1.54) is 0 Å². The van der Waals surface area contributed by atoms with Crippen molar-refractivity contribution in [2.75, 3.05) is 6.61 Å². The lowest BCUT2D eigenvalue weighted by Gasteiger charge is -2.11. The summed E-state index contributed by atoms with van der Waals surface area (Å²) < 4.78 is 5.39. The number of nitrogens with zero attached hydrogens (tertiary/aromatic N) is 2. The van der Waals surface area contributed by atoms with Crippen LogP contribution in [0.25, 0.3) is 0 Å². The normalized spacial score (nSPS) is 12.2. The van der Waals surface area contributed by atoms with Crippen LogP contribution in [0.15, 0.2) is 12.4 Å². The molecule has 1 unspecified atom stereocenters. The van der Waals surface area contributed by atoms with Gasteiger partial charge >= 0.3 is 0 Å². The molecule has 1 aromatic rings. The summed E-state index contributed by atoms with van der Waals surface area (Å²) >= 11 is 0. The van der Waals surface area contributed by atoms with Crippen LogP contribution in [0.1, 0.15) is 45.2 Å². The fourth-order valence-corrected chi connectivity index (χ4v) is 1.51. The zero-order valence-corrected chi connectivity index (χ0v) is 10.1. The van der Waals surface area contributed by atoms with E-state index in [2.05, 4.69) is 9.97 Å². The molecule has 88 valence electrons. The van der Waals surface area contributed by atoms with Gasteiger partial charge < -0.3 is 4.74 Å². The van der Waals surface area contributed by atoms with Gasteiger partial charge in [-0.25, -0.2) is 4.98 Å². The Morgan fingerprint density at radius 2 is 2.19 bits per heavy atom. The summed E-state index contributed by atoms with van der Waals surface area (Å²) in [5.41, 5.74) is 0.698. The maximum absolute atomic E-state index is 11.4. The molecule has 0 aliphatic heterocycles. The summed E-state index contributed by atoms with van der Waals surface area (Å²) in [5, 5.41) is 0. The van der Waals surface area contributed by atoms with Gasteiger partial charge in [0, 0.05) is 6.20 Å². The molecule has 1 atom stereocenters. The number of aromatic nitrogens is 2. The monoisotopic (exact) mass is 222 g/mol. The summed E-state index contributed by atoms with van der Waals surface area (Å²) in [7, 11) is 0. The fraction of sp³-hybridized carbons (Fsp3) is 0.583. The first-order valence-corrected chi connectivity index (χ1v) is 5.64. The molecule has 1 aromatic heterocycles. The van der Waals surface area contributed by atoms with Gasteiger partial charge in [-0.3, -0.25) is 9.78 Å². The maximum Gasteiger partial charge on any atom is 0.232 e. The second kappa shape index (κ2) is 6.20. The molecule has 4 heteroatoms. The molecule has 0 spiro atoms. The lowest BCUT2D eigenvalue weighted by atomic mass is 9.99. The molecule has 1 rings (SSSR count). The number of hydrogen-bond acceptors (Lipinski definition) is 4. The van der Waals surface area contributed by atoms with Crippen LogP contribution < -0.4 is 4.74 Å². The molecule has 0 aliphatic rings. The van der Waals surface area contributed by atoms with Gasteiger partial charge in [0.05, 0.1) is 24.4 Å². The first-order valence-electron chi connectivity index (χ1n) is 5.64. The number of carbonyl (C=O) groups excluding carboxylic acids is 1. The predicted molar refractivity (Wildman–Crippen MR) is 61.5 cm³/mol. The van der Waals surface area contributed by atoms with Crippen LogP contribution in [0.5, 0.6) is 5.88 Å². The highest BCUT2D eigenvalue weighted by Crippen LogP contribution is 2.19. The minimum atomic E-state index is -0.169. The minimum absolute atomic E-state index is 0.115. The zero-order valence-electron chi connectivity index (χ0n) is 10.1. The molecule has 0 amide bonds. The Kier molecular flexibility index (Phi) is 4.89. The smallest absolute Gasteiger partial charge is 0.232 e. The van der Waals surface area contributed by atoms with Crippen molar-refractivity contribution in [3.63, 3.8) is 0 Å². The Balaban J connectivity index is 2.83. The topological polar surface area (TPSA) is 52.1 Å². The van der Waals surface area contributed by atoms with Crippen LogP contribution in [0.2, 0.25) is 0 Å². The highest BCUT2D eigenvalue weighted by Gasteiger charge is 2.16. The second-order valence-corrected chi connectivity index (χ2v) is 3.70. The summed E-state index contributed by atoms with van der Waals surface area (Å²) in [6.45, 7) is 6.19. The van der Waals surface area contributed by atoms with Crippen LogP contribution in [0, 0.1) is 0 Å². The van der Waals surface area contributed by atoms with E-state index in [4.69, 9.17) is 4.74 Å². The van der Waals surface area contributed by atoms with Gasteiger partial charge in [-0.1, -0.05) is 13.8 Å². The number of ether oxygens (including phenoxy) is 1. The van der Waals surface area contributed by atoms with Gasteiger partial charge in [-0.2, -0.15) is 0 Å². The average molecular weight is 222 g/mol. The van der Waals surface area contributed by atoms with Gasteiger partial charge in [-0.05, 0) is 19.8 Å². The molecule has 0 radical (unpaired) electrons. The third-order valence-electron chi connectivity index (χ3n) is 2.34. The molecule has 4 nitrogen and oxygen atoms in total. The van der Waals surface area contributed by atoms with Crippen LogP contribution in [0.3, 0.4) is 0 Å². The molecule has 0 aromatic carbocycles. The summed E-state index contributed by atoms with van der Waals surface area (Å²) in [6, 6.07) is 0. The minimum Gasteiger partial charge on any atom is -0.477 e. The van der Waals surface area contributed by atoms with E-state index in [1.54, 1.807) is 19.3 Å². The number of ketones is 1. The third kappa shape index (κ3) is 3.29. The largest absolute Gasteiger partial charge is 0.477 e. The Morgan fingerprint density at radius 3 is 2.75 bits per heavy atom. The number of carbonyl (C=O) groups is 1. The molecular formula is C12H18N2O2. The predicted octanol–water partition coefficient (Wildman–Crippen LogP) is 2.35. The lowest BCUT2D eigenvalue weighted by Crippen LogP contribution is -2.11. The van der Waals surface area contributed by atoms with Gasteiger partial charge in [0.25, 0.3) is 0 Å². The zero-order chi connectivity index (χ0) is 12.0. The van der Waals surface area contributed by atoms with Crippen molar-refractivity contribution >= 4 is 5.78 Å². The van der Waals surface area contributed by atoms with Gasteiger partial charge in [0.1, 0.15) is 5.78 Å². The average Bonchev–Trinajstić information content (AvgIpc) is 2.27. The molecule has 0 aliphatic carbocycles. The van der Waals surface area contributed by atoms with E-state index in [-0.39, 0.29) is 11.7 Å². The highest BCUT2D eigenvalue weighted by molar-refractivity contribution is 5.82. The van der Waals surface area contributed by atoms with Gasteiger partial charge in [0.15, 0.2) is 0 Å². The van der Waals surface area contributed by atoms with Crippen molar-refractivity contribution < 1.29 is 9.53 Å². The molecule has 0 fully saturated rings. The van der Waals surface area contributed by atoms with E-state index >= 15 is 0 Å². The first kappa shape index (κ1) is 12.6. The quantitative estimate of drug-likeness (QED) is 0.741. The SMILES string of the molecule is CCCOc1cncc(C(CC)C(C)=O)n1. The number of Topliss-reactive ketones (excluding diaryl/α,β-unsaturated/α-hetero) is 1. The van der Waals surface area contributed by atoms with E-state index < -0.39 is 0 Å². The van der Waals surface area contributed by atoms with Gasteiger partial charge in [0.2, 0.25) is 5.88 Å². The van der Waals surface area contributed by atoms with E-state index in [1.807, 2.05) is 13.8 Å². The molecule has 0 saturated heterocycles. The molecular weight excluding hydrogens is 204 g/mol. The number of hydrogen-bond donors (Lipinski definition) is 0. The summed E-state index contributed by atoms with van der Waals surface area (Å²) in [6.07, 6.45) is 4.87. The third-order valence-corrected chi connectivity index (χ3v) is 2.34. The Morgan fingerprint density at radius 1 is 1.44 bits per heavy atom. The molecule has 0 N–H and O–H groups in total. The first-order chi connectivity index (χ1) is 7.69. The van der Waals surface area contributed by atoms with Crippen LogP contribution in [-0.2, 0) is 4.79 Å². The Hall–Kier alpha value is -1.45.